The van der Waals surface area contributed by atoms with E-state index in [-0.39, 0.29) is 11.3 Å². The number of hydrogen-bond acceptors (Lipinski definition) is 3. The van der Waals surface area contributed by atoms with E-state index in [0.29, 0.717) is 6.61 Å². The Morgan fingerprint density at radius 1 is 1.20 bits per heavy atom. The Bertz CT molecular complexity index is 609. The van der Waals surface area contributed by atoms with Gasteiger partial charge in [0.15, 0.2) is 0 Å². The molecule has 106 valence electrons. The predicted molar refractivity (Wildman–Crippen MR) is 82.7 cm³/mol. The van der Waals surface area contributed by atoms with Gasteiger partial charge in [0.2, 0.25) is 0 Å². The zero-order chi connectivity index (χ0) is 14.3. The van der Waals surface area contributed by atoms with Crippen molar-refractivity contribution in [1.29, 1.82) is 0 Å². The molecule has 0 amide bonds. The zero-order valence-corrected chi connectivity index (χ0v) is 12.9. The van der Waals surface area contributed by atoms with E-state index in [1.54, 1.807) is 11.3 Å². The summed E-state index contributed by atoms with van der Waals surface area (Å²) < 4.78 is 5.67. The van der Waals surface area contributed by atoms with Crippen molar-refractivity contribution in [3.05, 3.63) is 51.7 Å². The van der Waals surface area contributed by atoms with Crippen LogP contribution >= 0.6 is 11.3 Å². The van der Waals surface area contributed by atoms with Crippen LogP contribution in [0.5, 0.6) is 5.75 Å². The number of para-hydroxylation sites is 1. The van der Waals surface area contributed by atoms with E-state index in [1.807, 2.05) is 18.2 Å². The second-order valence-corrected chi connectivity index (χ2v) is 7.47. The largest absolute Gasteiger partial charge is 0.493 e. The van der Waals surface area contributed by atoms with Crippen LogP contribution < -0.4 is 4.74 Å². The fourth-order valence-electron chi connectivity index (χ4n) is 2.56. The molecule has 3 rings (SSSR count). The number of benzene rings is 1. The molecule has 2 atom stereocenters. The van der Waals surface area contributed by atoms with Gasteiger partial charge < -0.3 is 9.84 Å². The fourth-order valence-corrected chi connectivity index (χ4v) is 3.68. The normalized spacial score (nSPS) is 19.5. The minimum absolute atomic E-state index is 0.0395. The maximum Gasteiger partial charge on any atom is 0.123 e. The van der Waals surface area contributed by atoms with Crippen molar-refractivity contribution in [2.45, 2.75) is 38.2 Å². The smallest absolute Gasteiger partial charge is 0.123 e. The summed E-state index contributed by atoms with van der Waals surface area (Å²) >= 11 is 1.70. The number of rotatable bonds is 2. The quantitative estimate of drug-likeness (QED) is 0.895. The van der Waals surface area contributed by atoms with Gasteiger partial charge in [-0.3, -0.25) is 0 Å². The van der Waals surface area contributed by atoms with Crippen molar-refractivity contribution in [1.82, 2.24) is 0 Å². The number of fused-ring (bicyclic) bond motifs is 1. The summed E-state index contributed by atoms with van der Waals surface area (Å²) in [7, 11) is 0. The summed E-state index contributed by atoms with van der Waals surface area (Å²) in [5, 5.41) is 10.7. The summed E-state index contributed by atoms with van der Waals surface area (Å²) in [6, 6.07) is 12.2. The van der Waals surface area contributed by atoms with Crippen molar-refractivity contribution >= 4 is 11.3 Å². The lowest BCUT2D eigenvalue weighted by Crippen LogP contribution is -2.11. The molecule has 3 heteroatoms. The molecule has 0 radical (unpaired) electrons. The highest BCUT2D eigenvalue weighted by Gasteiger charge is 2.32. The van der Waals surface area contributed by atoms with Crippen molar-refractivity contribution in [2.24, 2.45) is 0 Å². The van der Waals surface area contributed by atoms with E-state index >= 15 is 0 Å². The van der Waals surface area contributed by atoms with Crippen LogP contribution in [-0.2, 0) is 5.41 Å². The van der Waals surface area contributed by atoms with Crippen LogP contribution in [0.2, 0.25) is 0 Å². The first-order valence-electron chi connectivity index (χ1n) is 6.97. The topological polar surface area (TPSA) is 29.5 Å². The van der Waals surface area contributed by atoms with Crippen LogP contribution in [-0.4, -0.2) is 11.7 Å². The summed E-state index contributed by atoms with van der Waals surface area (Å²) in [5.74, 6) is 0.946. The molecule has 1 aromatic heterocycles. The molecule has 1 aliphatic rings. The van der Waals surface area contributed by atoms with Crippen molar-refractivity contribution in [3.63, 3.8) is 0 Å². The molecule has 0 aliphatic carbocycles. The standard InChI is InChI=1S/C17H20O2S/c1-17(2,3)15-9-8-14(20-15)16(18)12-10-19-13-7-5-4-6-11(12)13/h4-9,12,16,18H,10H2,1-3H3. The first kappa shape index (κ1) is 13.7. The first-order chi connectivity index (χ1) is 9.47. The third-order valence-electron chi connectivity index (χ3n) is 3.78. The Balaban J connectivity index is 1.87. The van der Waals surface area contributed by atoms with E-state index < -0.39 is 6.10 Å². The molecule has 0 spiro atoms. The van der Waals surface area contributed by atoms with E-state index in [1.165, 1.54) is 4.88 Å². The summed E-state index contributed by atoms with van der Waals surface area (Å²) in [5.41, 5.74) is 1.25. The lowest BCUT2D eigenvalue weighted by molar-refractivity contribution is 0.133. The molecule has 2 aromatic rings. The fraction of sp³-hybridized carbons (Fsp3) is 0.412. The maximum absolute atomic E-state index is 10.7. The van der Waals surface area contributed by atoms with Gasteiger partial charge in [-0.15, -0.1) is 11.3 Å². The minimum Gasteiger partial charge on any atom is -0.493 e. The van der Waals surface area contributed by atoms with Crippen LogP contribution in [0.4, 0.5) is 0 Å². The number of thiophene rings is 1. The Morgan fingerprint density at radius 2 is 1.95 bits per heavy atom. The third kappa shape index (κ3) is 2.36. The van der Waals surface area contributed by atoms with E-state index in [0.717, 1.165) is 16.2 Å². The van der Waals surface area contributed by atoms with Gasteiger partial charge >= 0.3 is 0 Å². The molecule has 0 saturated heterocycles. The number of aliphatic hydroxyl groups excluding tert-OH is 1. The lowest BCUT2D eigenvalue weighted by Gasteiger charge is -2.17. The van der Waals surface area contributed by atoms with Crippen molar-refractivity contribution in [3.8, 4) is 5.75 Å². The molecule has 1 aliphatic heterocycles. The van der Waals surface area contributed by atoms with Crippen LogP contribution in [0.1, 0.15) is 48.1 Å². The molecule has 0 bridgehead atoms. The Hall–Kier alpha value is -1.32. The molecule has 2 heterocycles. The van der Waals surface area contributed by atoms with Crippen molar-refractivity contribution < 1.29 is 9.84 Å². The Kier molecular flexibility index (Phi) is 3.35. The van der Waals surface area contributed by atoms with Gasteiger partial charge in [0.25, 0.3) is 0 Å². The van der Waals surface area contributed by atoms with E-state index in [4.69, 9.17) is 4.74 Å². The van der Waals surface area contributed by atoms with Gasteiger partial charge in [-0.05, 0) is 23.6 Å². The zero-order valence-electron chi connectivity index (χ0n) is 12.1. The number of hydrogen-bond donors (Lipinski definition) is 1. The van der Waals surface area contributed by atoms with Crippen LogP contribution in [0.3, 0.4) is 0 Å². The number of aliphatic hydroxyl groups is 1. The van der Waals surface area contributed by atoms with E-state index in [9.17, 15) is 5.11 Å². The Morgan fingerprint density at radius 3 is 2.65 bits per heavy atom. The molecule has 2 unspecified atom stereocenters. The van der Waals surface area contributed by atoms with Crippen molar-refractivity contribution in [2.75, 3.05) is 6.61 Å². The van der Waals surface area contributed by atoms with Gasteiger partial charge in [0, 0.05) is 15.3 Å². The second kappa shape index (κ2) is 4.90. The van der Waals surface area contributed by atoms with Gasteiger partial charge in [-0.2, -0.15) is 0 Å². The molecular weight excluding hydrogens is 268 g/mol. The number of ether oxygens (including phenoxy) is 1. The highest BCUT2D eigenvalue weighted by atomic mass is 32.1. The van der Waals surface area contributed by atoms with Gasteiger partial charge in [-0.25, -0.2) is 0 Å². The van der Waals surface area contributed by atoms with Gasteiger partial charge in [0.05, 0.1) is 18.6 Å². The summed E-state index contributed by atoms with van der Waals surface area (Å²) in [4.78, 5) is 2.33. The SMILES string of the molecule is CC(C)(C)c1ccc(C(O)C2COc3ccccc32)s1. The summed E-state index contributed by atoms with van der Waals surface area (Å²) in [6.07, 6.45) is -0.486. The first-order valence-corrected chi connectivity index (χ1v) is 7.78. The van der Waals surface area contributed by atoms with Crippen LogP contribution in [0.25, 0.3) is 0 Å². The maximum atomic E-state index is 10.7. The van der Waals surface area contributed by atoms with Gasteiger partial charge in [-0.1, -0.05) is 39.0 Å². The predicted octanol–water partition coefficient (Wildman–Crippen LogP) is 4.26. The van der Waals surface area contributed by atoms with E-state index in [2.05, 4.69) is 39.0 Å². The highest BCUT2D eigenvalue weighted by molar-refractivity contribution is 7.12. The average Bonchev–Trinajstić information content (AvgIpc) is 3.04. The summed E-state index contributed by atoms with van der Waals surface area (Å²) in [6.45, 7) is 7.15. The minimum atomic E-state index is -0.486. The molecule has 1 N–H and O–H groups in total. The molecule has 2 nitrogen and oxygen atoms in total. The van der Waals surface area contributed by atoms with Crippen LogP contribution in [0, 0.1) is 0 Å². The average molecular weight is 288 g/mol. The monoisotopic (exact) mass is 288 g/mol. The van der Waals surface area contributed by atoms with Crippen LogP contribution in [0.15, 0.2) is 36.4 Å². The molecule has 1 aromatic carbocycles. The molecule has 0 saturated carbocycles. The Labute approximate surface area is 124 Å². The third-order valence-corrected chi connectivity index (χ3v) is 5.36. The molecule has 0 fully saturated rings. The second-order valence-electron chi connectivity index (χ2n) is 6.35. The molecular formula is C17H20O2S. The lowest BCUT2D eigenvalue weighted by atomic mass is 9.93. The van der Waals surface area contributed by atoms with Gasteiger partial charge in [0.1, 0.15) is 5.75 Å². The highest BCUT2D eigenvalue weighted by Crippen LogP contribution is 2.43. The molecule has 20 heavy (non-hydrogen) atoms.